The third kappa shape index (κ3) is 1.44. The van der Waals surface area contributed by atoms with Crippen molar-refractivity contribution in [3.05, 3.63) is 39.5 Å². The summed E-state index contributed by atoms with van der Waals surface area (Å²) in [6, 6.07) is 5.23. The Morgan fingerprint density at radius 1 is 1.50 bits per heavy atom. The zero-order valence-electron chi connectivity index (χ0n) is 7.07. The Labute approximate surface area is 87.7 Å². The molecule has 2 rings (SSSR count). The molecule has 1 heterocycles. The van der Waals surface area contributed by atoms with Gasteiger partial charge in [-0.1, -0.05) is 0 Å². The number of aromatic nitrogens is 3. The quantitative estimate of drug-likeness (QED) is 0.743. The molecule has 1 aromatic heterocycles. The Kier molecular flexibility index (Phi) is 2.12. The van der Waals surface area contributed by atoms with Crippen molar-refractivity contribution in [2.75, 3.05) is 5.73 Å². The van der Waals surface area contributed by atoms with Crippen LogP contribution in [-0.4, -0.2) is 14.8 Å². The van der Waals surface area contributed by atoms with Crippen LogP contribution in [0.15, 0.2) is 33.8 Å². The standard InChI is InChI=1S/C8H7BrN4O/c9-6-2-1-5(10)3-7(6)13-4-11-12-8(13)14/h1-4H,10H2,(H,12,14). The van der Waals surface area contributed by atoms with E-state index < -0.39 is 0 Å². The number of halogens is 1. The van der Waals surface area contributed by atoms with E-state index in [1.54, 1.807) is 18.2 Å². The Morgan fingerprint density at radius 2 is 2.29 bits per heavy atom. The highest BCUT2D eigenvalue weighted by Gasteiger charge is 2.05. The van der Waals surface area contributed by atoms with Gasteiger partial charge in [-0.2, -0.15) is 5.10 Å². The van der Waals surface area contributed by atoms with Gasteiger partial charge in [0.25, 0.3) is 0 Å². The van der Waals surface area contributed by atoms with Crippen molar-refractivity contribution in [3.63, 3.8) is 0 Å². The second-order valence-electron chi connectivity index (χ2n) is 2.74. The highest BCUT2D eigenvalue weighted by atomic mass is 79.9. The van der Waals surface area contributed by atoms with Crippen LogP contribution in [0.2, 0.25) is 0 Å². The Bertz CT molecular complexity index is 516. The minimum absolute atomic E-state index is 0.295. The molecule has 1 aromatic carbocycles. The van der Waals surface area contributed by atoms with Gasteiger partial charge in [0.15, 0.2) is 0 Å². The monoisotopic (exact) mass is 254 g/mol. The van der Waals surface area contributed by atoms with Crippen LogP contribution in [0, 0.1) is 0 Å². The van der Waals surface area contributed by atoms with E-state index >= 15 is 0 Å². The van der Waals surface area contributed by atoms with Gasteiger partial charge in [0.2, 0.25) is 0 Å². The van der Waals surface area contributed by atoms with Gasteiger partial charge >= 0.3 is 5.69 Å². The lowest BCUT2D eigenvalue weighted by Gasteiger charge is -2.03. The predicted molar refractivity (Wildman–Crippen MR) is 56.3 cm³/mol. The lowest BCUT2D eigenvalue weighted by molar-refractivity contribution is 0.978. The van der Waals surface area contributed by atoms with E-state index in [0.717, 1.165) is 4.47 Å². The van der Waals surface area contributed by atoms with Crippen molar-refractivity contribution >= 4 is 21.6 Å². The number of nitrogens with one attached hydrogen (secondary N) is 1. The van der Waals surface area contributed by atoms with Crippen LogP contribution < -0.4 is 11.4 Å². The zero-order chi connectivity index (χ0) is 10.1. The summed E-state index contributed by atoms with van der Waals surface area (Å²) in [5, 5.41) is 5.94. The maximum atomic E-state index is 11.3. The molecule has 6 heteroatoms. The molecule has 0 aliphatic rings. The Balaban J connectivity index is 2.68. The average molecular weight is 255 g/mol. The van der Waals surface area contributed by atoms with E-state index in [1.807, 2.05) is 0 Å². The molecule has 0 saturated heterocycles. The van der Waals surface area contributed by atoms with Crippen molar-refractivity contribution in [1.29, 1.82) is 0 Å². The Hall–Kier alpha value is -1.56. The number of nitrogens with zero attached hydrogens (tertiary/aromatic N) is 2. The van der Waals surface area contributed by atoms with Crippen molar-refractivity contribution < 1.29 is 0 Å². The molecule has 0 amide bonds. The molecule has 0 radical (unpaired) electrons. The summed E-state index contributed by atoms with van der Waals surface area (Å²) < 4.78 is 2.16. The fraction of sp³-hybridized carbons (Fsp3) is 0. The minimum Gasteiger partial charge on any atom is -0.399 e. The number of hydrogen-bond donors (Lipinski definition) is 2. The topological polar surface area (TPSA) is 76.7 Å². The summed E-state index contributed by atoms with van der Waals surface area (Å²) in [7, 11) is 0. The smallest absolute Gasteiger partial charge is 0.347 e. The molecule has 2 aromatic rings. The lowest BCUT2D eigenvalue weighted by Crippen LogP contribution is -2.14. The summed E-state index contributed by atoms with van der Waals surface area (Å²) in [6.07, 6.45) is 1.40. The van der Waals surface area contributed by atoms with E-state index in [9.17, 15) is 4.79 Å². The minimum atomic E-state index is -0.295. The van der Waals surface area contributed by atoms with Gasteiger partial charge < -0.3 is 5.73 Å². The third-order valence-corrected chi connectivity index (χ3v) is 2.45. The van der Waals surface area contributed by atoms with Gasteiger partial charge in [-0.15, -0.1) is 0 Å². The van der Waals surface area contributed by atoms with Crippen LogP contribution >= 0.6 is 15.9 Å². The van der Waals surface area contributed by atoms with Crippen LogP contribution in [0.1, 0.15) is 0 Å². The second-order valence-corrected chi connectivity index (χ2v) is 3.60. The van der Waals surface area contributed by atoms with Gasteiger partial charge in [-0.25, -0.2) is 14.5 Å². The molecule has 3 N–H and O–H groups in total. The highest BCUT2D eigenvalue weighted by Crippen LogP contribution is 2.21. The van der Waals surface area contributed by atoms with Crippen molar-refractivity contribution in [2.45, 2.75) is 0 Å². The van der Waals surface area contributed by atoms with Gasteiger partial charge in [0, 0.05) is 10.2 Å². The summed E-state index contributed by atoms with van der Waals surface area (Å²) in [5.41, 5.74) is 6.59. The first kappa shape index (κ1) is 9.01. The van der Waals surface area contributed by atoms with E-state index in [4.69, 9.17) is 5.73 Å². The molecule has 0 unspecified atom stereocenters. The van der Waals surface area contributed by atoms with E-state index in [0.29, 0.717) is 11.4 Å². The first-order valence-electron chi connectivity index (χ1n) is 3.86. The number of hydrogen-bond acceptors (Lipinski definition) is 3. The molecular weight excluding hydrogens is 248 g/mol. The summed E-state index contributed by atoms with van der Waals surface area (Å²) in [4.78, 5) is 11.3. The third-order valence-electron chi connectivity index (χ3n) is 1.78. The number of rotatable bonds is 1. The number of nitrogens with two attached hydrogens (primary N) is 1. The number of nitrogen functional groups attached to an aromatic ring is 1. The zero-order valence-corrected chi connectivity index (χ0v) is 8.65. The molecule has 5 nitrogen and oxygen atoms in total. The SMILES string of the molecule is Nc1ccc(Br)c(-n2cn[nH]c2=O)c1. The molecule has 0 saturated carbocycles. The van der Waals surface area contributed by atoms with Gasteiger partial charge in [0.05, 0.1) is 5.69 Å². The van der Waals surface area contributed by atoms with Crippen molar-refractivity contribution in [2.24, 2.45) is 0 Å². The summed E-state index contributed by atoms with van der Waals surface area (Å²) >= 11 is 3.33. The molecular formula is C8H7BrN4O. The van der Waals surface area contributed by atoms with Gasteiger partial charge in [-0.3, -0.25) is 0 Å². The van der Waals surface area contributed by atoms with Crippen LogP contribution in [-0.2, 0) is 0 Å². The first-order valence-corrected chi connectivity index (χ1v) is 4.65. The van der Waals surface area contributed by atoms with Crippen LogP contribution in [0.5, 0.6) is 0 Å². The summed E-state index contributed by atoms with van der Waals surface area (Å²) in [6.45, 7) is 0. The van der Waals surface area contributed by atoms with Crippen LogP contribution in [0.25, 0.3) is 5.69 Å². The maximum Gasteiger partial charge on any atom is 0.347 e. The van der Waals surface area contributed by atoms with Crippen LogP contribution in [0.4, 0.5) is 5.69 Å². The maximum absolute atomic E-state index is 11.3. The fourth-order valence-electron chi connectivity index (χ4n) is 1.13. The second kappa shape index (κ2) is 3.30. The predicted octanol–water partition coefficient (Wildman–Crippen LogP) is 0.905. The molecule has 0 aliphatic carbocycles. The molecule has 0 fully saturated rings. The molecule has 0 atom stereocenters. The van der Waals surface area contributed by atoms with Crippen LogP contribution in [0.3, 0.4) is 0 Å². The van der Waals surface area contributed by atoms with Crippen molar-refractivity contribution in [1.82, 2.24) is 14.8 Å². The average Bonchev–Trinajstić information content (AvgIpc) is 2.56. The number of aromatic amines is 1. The van der Waals surface area contributed by atoms with Gasteiger partial charge in [-0.05, 0) is 34.1 Å². The molecule has 0 spiro atoms. The van der Waals surface area contributed by atoms with Gasteiger partial charge in [0.1, 0.15) is 6.33 Å². The molecule has 72 valence electrons. The van der Waals surface area contributed by atoms with E-state index in [2.05, 4.69) is 26.1 Å². The lowest BCUT2D eigenvalue weighted by atomic mass is 10.3. The molecule has 0 aliphatic heterocycles. The molecule has 0 bridgehead atoms. The van der Waals surface area contributed by atoms with E-state index in [-0.39, 0.29) is 5.69 Å². The fourth-order valence-corrected chi connectivity index (χ4v) is 1.57. The molecule has 14 heavy (non-hydrogen) atoms. The normalized spacial score (nSPS) is 10.4. The Morgan fingerprint density at radius 3 is 2.93 bits per heavy atom. The first-order chi connectivity index (χ1) is 6.68. The largest absolute Gasteiger partial charge is 0.399 e. The van der Waals surface area contributed by atoms with Crippen molar-refractivity contribution in [3.8, 4) is 5.69 Å². The number of anilines is 1. The number of benzene rings is 1. The highest BCUT2D eigenvalue weighted by molar-refractivity contribution is 9.10. The summed E-state index contributed by atoms with van der Waals surface area (Å²) in [5.74, 6) is 0. The number of H-pyrrole nitrogens is 1. The van der Waals surface area contributed by atoms with E-state index in [1.165, 1.54) is 10.9 Å².